The minimum absolute atomic E-state index is 0.000191. The van der Waals surface area contributed by atoms with Gasteiger partial charge in [-0.05, 0) is 54.4 Å². The van der Waals surface area contributed by atoms with Crippen LogP contribution in [0.3, 0.4) is 0 Å². The number of carbonyl (C=O) groups is 1. The normalized spacial score (nSPS) is 10.8. The molecule has 1 amide bonds. The molecule has 3 aromatic carbocycles. The van der Waals surface area contributed by atoms with E-state index in [2.05, 4.69) is 16.6 Å². The van der Waals surface area contributed by atoms with Gasteiger partial charge in [0.2, 0.25) is 0 Å². The van der Waals surface area contributed by atoms with E-state index in [1.54, 1.807) is 55.5 Å². The molecule has 8 heteroatoms. The van der Waals surface area contributed by atoms with Crippen LogP contribution < -0.4 is 10.2 Å². The number of benzene rings is 3. The van der Waals surface area contributed by atoms with Crippen LogP contribution in [0.2, 0.25) is 0 Å². The minimum atomic E-state index is -0.469. The van der Waals surface area contributed by atoms with Crippen LogP contribution in [0.1, 0.15) is 34.0 Å². The van der Waals surface area contributed by atoms with Crippen molar-refractivity contribution in [2.75, 3.05) is 0 Å². The van der Waals surface area contributed by atoms with Gasteiger partial charge in [-0.3, -0.25) is 14.9 Å². The fraction of sp³-hybridized carbons (Fsp3) is 0.0870. The maximum absolute atomic E-state index is 12.3. The van der Waals surface area contributed by atoms with E-state index in [0.717, 1.165) is 11.1 Å². The number of ether oxygens (including phenoxy) is 1. The van der Waals surface area contributed by atoms with E-state index in [1.165, 1.54) is 24.3 Å². The Morgan fingerprint density at radius 3 is 2.23 bits per heavy atom. The molecule has 0 unspecified atom stereocenters. The van der Waals surface area contributed by atoms with Crippen molar-refractivity contribution in [2.45, 2.75) is 13.5 Å². The summed E-state index contributed by atoms with van der Waals surface area (Å²) in [4.78, 5) is 22.5. The molecule has 3 rings (SSSR count). The van der Waals surface area contributed by atoms with Gasteiger partial charge >= 0.3 is 0 Å². The van der Waals surface area contributed by atoms with Crippen molar-refractivity contribution in [3.05, 3.63) is 105 Å². The van der Waals surface area contributed by atoms with Crippen LogP contribution in [0.25, 0.3) is 0 Å². The fourth-order valence-corrected chi connectivity index (χ4v) is 2.63. The number of nitro benzene ring substituents is 1. The van der Waals surface area contributed by atoms with Crippen LogP contribution in [0.5, 0.6) is 5.75 Å². The Labute approximate surface area is 178 Å². The maximum Gasteiger partial charge on any atom is 0.271 e. The number of hydrogen-bond donors (Lipinski definition) is 1. The Bertz CT molecular complexity index is 1150. The van der Waals surface area contributed by atoms with Gasteiger partial charge in [0.25, 0.3) is 11.6 Å². The third-order valence-electron chi connectivity index (χ3n) is 4.43. The number of hydrogen-bond acceptors (Lipinski definition) is 6. The maximum atomic E-state index is 12.3. The first-order valence-electron chi connectivity index (χ1n) is 9.27. The molecule has 0 heterocycles. The minimum Gasteiger partial charge on any atom is -0.489 e. The first-order valence-corrected chi connectivity index (χ1v) is 9.27. The lowest BCUT2D eigenvalue weighted by atomic mass is 10.1. The molecule has 0 atom stereocenters. The monoisotopic (exact) mass is 414 g/mol. The molecule has 0 bridgehead atoms. The zero-order chi connectivity index (χ0) is 22.2. The van der Waals surface area contributed by atoms with Crippen LogP contribution in [0.4, 0.5) is 5.69 Å². The molecule has 154 valence electrons. The van der Waals surface area contributed by atoms with Gasteiger partial charge in [0.15, 0.2) is 0 Å². The van der Waals surface area contributed by atoms with Crippen LogP contribution in [0.15, 0.2) is 77.9 Å². The van der Waals surface area contributed by atoms with Crippen LogP contribution in [-0.4, -0.2) is 16.5 Å². The number of nitrogens with zero attached hydrogens (tertiary/aromatic N) is 3. The molecule has 31 heavy (non-hydrogen) atoms. The van der Waals surface area contributed by atoms with Crippen molar-refractivity contribution >= 4 is 17.3 Å². The third-order valence-corrected chi connectivity index (χ3v) is 4.43. The van der Waals surface area contributed by atoms with Crippen LogP contribution >= 0.6 is 0 Å². The Kier molecular flexibility index (Phi) is 6.71. The first kappa shape index (κ1) is 21.2. The average molecular weight is 414 g/mol. The molecule has 0 aliphatic rings. The zero-order valence-electron chi connectivity index (χ0n) is 16.6. The molecule has 0 spiro atoms. The van der Waals surface area contributed by atoms with Gasteiger partial charge in [0.05, 0.1) is 22.3 Å². The van der Waals surface area contributed by atoms with Crippen molar-refractivity contribution < 1.29 is 14.5 Å². The van der Waals surface area contributed by atoms with Gasteiger partial charge in [0, 0.05) is 17.7 Å². The highest BCUT2D eigenvalue weighted by Gasteiger charge is 2.07. The predicted molar refractivity (Wildman–Crippen MR) is 115 cm³/mol. The van der Waals surface area contributed by atoms with E-state index in [1.807, 2.05) is 0 Å². The highest BCUT2D eigenvalue weighted by Crippen LogP contribution is 2.18. The molecule has 0 aliphatic carbocycles. The molecule has 0 aliphatic heterocycles. The summed E-state index contributed by atoms with van der Waals surface area (Å²) in [6.45, 7) is 2.02. The number of carbonyl (C=O) groups excluding carboxylic acids is 1. The average Bonchev–Trinajstić information content (AvgIpc) is 2.81. The van der Waals surface area contributed by atoms with Crippen molar-refractivity contribution in [1.29, 1.82) is 5.26 Å². The third kappa shape index (κ3) is 5.74. The Hall–Kier alpha value is -4.51. The standard InChI is InChI=1S/C23H18N4O4/c1-16(19-6-2-17(14-24)3-7-19)25-26-23(28)20-8-4-18(5-9-20)15-31-22-12-10-21(11-13-22)27(29)30/h2-13H,15H2,1H3,(H,26,28). The summed E-state index contributed by atoms with van der Waals surface area (Å²) in [5.41, 5.74) is 5.77. The van der Waals surface area contributed by atoms with Gasteiger partial charge in [-0.2, -0.15) is 10.4 Å². The summed E-state index contributed by atoms with van der Waals surface area (Å²) in [6.07, 6.45) is 0. The molecular formula is C23H18N4O4. The summed E-state index contributed by atoms with van der Waals surface area (Å²) >= 11 is 0. The molecular weight excluding hydrogens is 396 g/mol. The molecule has 0 radical (unpaired) electrons. The van der Waals surface area contributed by atoms with Gasteiger partial charge in [-0.1, -0.05) is 24.3 Å². The van der Waals surface area contributed by atoms with Crippen LogP contribution in [0, 0.1) is 21.4 Å². The van der Waals surface area contributed by atoms with E-state index in [-0.39, 0.29) is 18.2 Å². The van der Waals surface area contributed by atoms with E-state index in [4.69, 9.17) is 10.00 Å². The fourth-order valence-electron chi connectivity index (χ4n) is 2.63. The topological polar surface area (TPSA) is 118 Å². The molecule has 8 nitrogen and oxygen atoms in total. The summed E-state index contributed by atoms with van der Waals surface area (Å²) < 4.78 is 5.61. The SMILES string of the molecule is CC(=NNC(=O)c1ccc(COc2ccc([N+](=O)[O-])cc2)cc1)c1ccc(C#N)cc1. The van der Waals surface area contributed by atoms with Crippen molar-refractivity contribution in [1.82, 2.24) is 5.43 Å². The number of non-ortho nitro benzene ring substituents is 1. The number of amides is 1. The van der Waals surface area contributed by atoms with E-state index >= 15 is 0 Å². The number of nitro groups is 1. The predicted octanol–water partition coefficient (Wildman–Crippen LogP) is 4.20. The van der Waals surface area contributed by atoms with Gasteiger partial charge in [0.1, 0.15) is 12.4 Å². The van der Waals surface area contributed by atoms with Crippen LogP contribution in [-0.2, 0) is 6.61 Å². The summed E-state index contributed by atoms with van der Waals surface area (Å²) in [7, 11) is 0. The number of nitrogens with one attached hydrogen (secondary N) is 1. The molecule has 0 fully saturated rings. The highest BCUT2D eigenvalue weighted by atomic mass is 16.6. The second-order valence-corrected chi connectivity index (χ2v) is 6.56. The summed E-state index contributed by atoms with van der Waals surface area (Å²) in [5.74, 6) is 0.163. The molecule has 0 saturated carbocycles. The Morgan fingerprint density at radius 2 is 1.65 bits per heavy atom. The lowest BCUT2D eigenvalue weighted by molar-refractivity contribution is -0.384. The molecule has 0 saturated heterocycles. The first-order chi connectivity index (χ1) is 15.0. The molecule has 1 N–H and O–H groups in total. The summed E-state index contributed by atoms with van der Waals surface area (Å²) in [5, 5.41) is 23.6. The number of rotatable bonds is 7. The number of nitriles is 1. The quantitative estimate of drug-likeness (QED) is 0.353. The second-order valence-electron chi connectivity index (χ2n) is 6.56. The van der Waals surface area contributed by atoms with Gasteiger partial charge < -0.3 is 4.74 Å². The van der Waals surface area contributed by atoms with E-state index < -0.39 is 4.92 Å². The number of hydrazone groups is 1. The Balaban J connectivity index is 1.55. The molecule has 3 aromatic rings. The smallest absolute Gasteiger partial charge is 0.271 e. The summed E-state index contributed by atoms with van der Waals surface area (Å²) in [6, 6.07) is 21.6. The van der Waals surface area contributed by atoms with E-state index in [0.29, 0.717) is 22.6 Å². The lowest BCUT2D eigenvalue weighted by Crippen LogP contribution is -2.19. The van der Waals surface area contributed by atoms with Crippen molar-refractivity contribution in [3.63, 3.8) is 0 Å². The molecule has 0 aromatic heterocycles. The highest BCUT2D eigenvalue weighted by molar-refractivity contribution is 6.00. The van der Waals surface area contributed by atoms with Gasteiger partial charge in [-0.15, -0.1) is 0 Å². The van der Waals surface area contributed by atoms with Crippen molar-refractivity contribution in [3.8, 4) is 11.8 Å². The largest absolute Gasteiger partial charge is 0.489 e. The second kappa shape index (κ2) is 9.80. The Morgan fingerprint density at radius 1 is 1.03 bits per heavy atom. The lowest BCUT2D eigenvalue weighted by Gasteiger charge is -2.07. The van der Waals surface area contributed by atoms with Crippen molar-refractivity contribution in [2.24, 2.45) is 5.10 Å². The van der Waals surface area contributed by atoms with Gasteiger partial charge in [-0.25, -0.2) is 5.43 Å². The zero-order valence-corrected chi connectivity index (χ0v) is 16.6. The van der Waals surface area contributed by atoms with E-state index in [9.17, 15) is 14.9 Å².